The van der Waals surface area contributed by atoms with Crippen molar-refractivity contribution in [3.8, 4) is 0 Å². The first-order valence-electron chi connectivity index (χ1n) is 6.27. The maximum Gasteiger partial charge on any atom is 0.0940 e. The number of aliphatic hydroxyl groups excluding tert-OH is 1. The Morgan fingerprint density at radius 3 is 2.11 bits per heavy atom. The highest BCUT2D eigenvalue weighted by atomic mass is 16.3. The van der Waals surface area contributed by atoms with Crippen LogP contribution in [0, 0.1) is 0 Å². The summed E-state index contributed by atoms with van der Waals surface area (Å²) in [6, 6.07) is 20.0. The van der Waals surface area contributed by atoms with Gasteiger partial charge in [0.05, 0.1) is 6.10 Å². The molecule has 0 aromatic heterocycles. The molecule has 0 aliphatic rings. The van der Waals surface area contributed by atoms with Gasteiger partial charge in [0.2, 0.25) is 0 Å². The molecule has 2 aromatic carbocycles. The first-order valence-corrected chi connectivity index (χ1v) is 6.27. The van der Waals surface area contributed by atoms with Crippen LogP contribution < -0.4 is 5.32 Å². The number of benzene rings is 2. The predicted molar refractivity (Wildman–Crippen MR) is 74.1 cm³/mol. The van der Waals surface area contributed by atoms with E-state index in [1.807, 2.05) is 55.5 Å². The first kappa shape index (κ1) is 12.8. The zero-order valence-electron chi connectivity index (χ0n) is 10.6. The van der Waals surface area contributed by atoms with Gasteiger partial charge in [0.15, 0.2) is 0 Å². The van der Waals surface area contributed by atoms with Gasteiger partial charge in [-0.1, -0.05) is 60.7 Å². The lowest BCUT2D eigenvalue weighted by atomic mass is 10.0. The Labute approximate surface area is 108 Å². The molecule has 0 aliphatic carbocycles. The lowest BCUT2D eigenvalue weighted by Gasteiger charge is -2.20. The molecule has 2 aromatic rings. The predicted octanol–water partition coefficient (Wildman–Crippen LogP) is 2.90. The number of aliphatic hydroxyl groups is 1. The van der Waals surface area contributed by atoms with Gasteiger partial charge in [-0.2, -0.15) is 0 Å². The molecular weight excluding hydrogens is 222 g/mol. The largest absolute Gasteiger partial charge is 0.387 e. The molecule has 94 valence electrons. The van der Waals surface area contributed by atoms with Crippen LogP contribution in [0.5, 0.6) is 0 Å². The third-order valence-corrected chi connectivity index (χ3v) is 3.09. The van der Waals surface area contributed by atoms with E-state index in [-0.39, 0.29) is 6.04 Å². The maximum absolute atomic E-state index is 10.2. The summed E-state index contributed by atoms with van der Waals surface area (Å²) in [5.41, 5.74) is 2.18. The Balaban J connectivity index is 1.90. The van der Waals surface area contributed by atoms with Gasteiger partial charge in [-0.25, -0.2) is 0 Å². The Hall–Kier alpha value is -1.64. The van der Waals surface area contributed by atoms with Crippen LogP contribution in [0.4, 0.5) is 0 Å². The van der Waals surface area contributed by atoms with Gasteiger partial charge in [0, 0.05) is 12.6 Å². The van der Waals surface area contributed by atoms with E-state index in [9.17, 15) is 5.11 Å². The number of nitrogens with one attached hydrogen (secondary N) is 1. The Morgan fingerprint density at radius 2 is 1.50 bits per heavy atom. The van der Waals surface area contributed by atoms with E-state index in [1.54, 1.807) is 0 Å². The normalized spacial score (nSPS) is 14.1. The number of rotatable bonds is 5. The highest BCUT2D eigenvalue weighted by Gasteiger charge is 2.15. The third kappa shape index (κ3) is 3.42. The highest BCUT2D eigenvalue weighted by Crippen LogP contribution is 2.16. The zero-order valence-corrected chi connectivity index (χ0v) is 10.6. The summed E-state index contributed by atoms with van der Waals surface area (Å²) in [6.07, 6.45) is -0.477. The van der Waals surface area contributed by atoms with Crippen molar-refractivity contribution in [3.05, 3.63) is 71.8 Å². The molecule has 0 amide bonds. The Bertz CT molecular complexity index is 455. The molecule has 0 bridgehead atoms. The summed E-state index contributed by atoms with van der Waals surface area (Å²) < 4.78 is 0. The van der Waals surface area contributed by atoms with Crippen LogP contribution >= 0.6 is 0 Å². The molecule has 0 saturated carbocycles. The van der Waals surface area contributed by atoms with Gasteiger partial charge in [-0.05, 0) is 18.1 Å². The third-order valence-electron chi connectivity index (χ3n) is 3.09. The first-order chi connectivity index (χ1) is 8.77. The summed E-state index contributed by atoms with van der Waals surface area (Å²) in [6.45, 7) is 2.77. The molecule has 2 N–H and O–H groups in total. The maximum atomic E-state index is 10.2. The monoisotopic (exact) mass is 241 g/mol. The van der Waals surface area contributed by atoms with Gasteiger partial charge in [-0.3, -0.25) is 0 Å². The van der Waals surface area contributed by atoms with E-state index in [0.717, 1.165) is 12.1 Å². The Morgan fingerprint density at radius 1 is 0.944 bits per heavy atom. The average Bonchev–Trinajstić information content (AvgIpc) is 2.46. The van der Waals surface area contributed by atoms with Gasteiger partial charge in [0.25, 0.3) is 0 Å². The van der Waals surface area contributed by atoms with Crippen molar-refractivity contribution in [1.29, 1.82) is 0 Å². The molecule has 2 rings (SSSR count). The highest BCUT2D eigenvalue weighted by molar-refractivity contribution is 5.19. The van der Waals surface area contributed by atoms with Crippen LogP contribution in [0.25, 0.3) is 0 Å². The van der Waals surface area contributed by atoms with Gasteiger partial charge >= 0.3 is 0 Å². The summed E-state index contributed by atoms with van der Waals surface area (Å²) in [5.74, 6) is 0. The lowest BCUT2D eigenvalue weighted by molar-refractivity contribution is 0.135. The average molecular weight is 241 g/mol. The minimum absolute atomic E-state index is 0.0209. The second-order valence-corrected chi connectivity index (χ2v) is 4.51. The number of hydrogen-bond acceptors (Lipinski definition) is 2. The topological polar surface area (TPSA) is 32.3 Å². The van der Waals surface area contributed by atoms with Gasteiger partial charge in [-0.15, -0.1) is 0 Å². The van der Waals surface area contributed by atoms with E-state index in [1.165, 1.54) is 5.56 Å². The van der Waals surface area contributed by atoms with E-state index in [0.29, 0.717) is 0 Å². The summed E-state index contributed by atoms with van der Waals surface area (Å²) in [4.78, 5) is 0. The summed E-state index contributed by atoms with van der Waals surface area (Å²) in [7, 11) is 0. The molecule has 0 heterocycles. The quantitative estimate of drug-likeness (QED) is 0.843. The number of hydrogen-bond donors (Lipinski definition) is 2. The fraction of sp³-hybridized carbons (Fsp3) is 0.250. The van der Waals surface area contributed by atoms with Crippen molar-refractivity contribution < 1.29 is 5.11 Å². The van der Waals surface area contributed by atoms with Crippen LogP contribution in [0.15, 0.2) is 60.7 Å². The van der Waals surface area contributed by atoms with Crippen LogP contribution in [0.2, 0.25) is 0 Å². The molecule has 2 heteroatoms. The SMILES string of the molecule is C[C@H](NCc1ccccc1)[C@@H](O)c1ccccc1. The molecule has 0 spiro atoms. The summed E-state index contributed by atoms with van der Waals surface area (Å²) in [5, 5.41) is 13.6. The van der Waals surface area contributed by atoms with Gasteiger partial charge in [0.1, 0.15) is 0 Å². The molecule has 0 radical (unpaired) electrons. The molecular formula is C16H19NO. The van der Waals surface area contributed by atoms with Gasteiger partial charge < -0.3 is 10.4 Å². The molecule has 0 fully saturated rings. The molecule has 2 nitrogen and oxygen atoms in total. The van der Waals surface area contributed by atoms with E-state index < -0.39 is 6.10 Å². The van der Waals surface area contributed by atoms with Crippen molar-refractivity contribution in [3.63, 3.8) is 0 Å². The second-order valence-electron chi connectivity index (χ2n) is 4.51. The van der Waals surface area contributed by atoms with Crippen LogP contribution in [-0.2, 0) is 6.54 Å². The lowest BCUT2D eigenvalue weighted by Crippen LogP contribution is -2.31. The van der Waals surface area contributed by atoms with Crippen molar-refractivity contribution in [1.82, 2.24) is 5.32 Å². The van der Waals surface area contributed by atoms with Crippen molar-refractivity contribution >= 4 is 0 Å². The van der Waals surface area contributed by atoms with Crippen molar-refractivity contribution in [2.45, 2.75) is 25.6 Å². The second kappa shape index (κ2) is 6.34. The minimum Gasteiger partial charge on any atom is -0.387 e. The smallest absolute Gasteiger partial charge is 0.0940 e. The van der Waals surface area contributed by atoms with Crippen LogP contribution in [-0.4, -0.2) is 11.1 Å². The fourth-order valence-electron chi connectivity index (χ4n) is 1.93. The van der Waals surface area contributed by atoms with Crippen LogP contribution in [0.3, 0.4) is 0 Å². The van der Waals surface area contributed by atoms with Crippen molar-refractivity contribution in [2.75, 3.05) is 0 Å². The van der Waals surface area contributed by atoms with Crippen molar-refractivity contribution in [2.24, 2.45) is 0 Å². The fourth-order valence-corrected chi connectivity index (χ4v) is 1.93. The Kier molecular flexibility index (Phi) is 4.51. The minimum atomic E-state index is -0.477. The summed E-state index contributed by atoms with van der Waals surface area (Å²) >= 11 is 0. The van der Waals surface area contributed by atoms with E-state index in [2.05, 4.69) is 17.4 Å². The van der Waals surface area contributed by atoms with Crippen LogP contribution in [0.1, 0.15) is 24.2 Å². The molecule has 2 atom stereocenters. The van der Waals surface area contributed by atoms with E-state index >= 15 is 0 Å². The molecule has 0 saturated heterocycles. The zero-order chi connectivity index (χ0) is 12.8. The molecule has 0 aliphatic heterocycles. The molecule has 0 unspecified atom stereocenters. The van der Waals surface area contributed by atoms with E-state index in [4.69, 9.17) is 0 Å². The molecule has 18 heavy (non-hydrogen) atoms. The standard InChI is InChI=1S/C16H19NO/c1-13(16(18)15-10-6-3-7-11-15)17-12-14-8-4-2-5-9-14/h2-11,13,16-18H,12H2,1H3/t13-,16+/m0/s1.